The molecular formula is C30H26ClN3O2. The molecule has 2 heterocycles. The van der Waals surface area contributed by atoms with Crippen LogP contribution in [0.15, 0.2) is 91.0 Å². The van der Waals surface area contributed by atoms with Crippen LogP contribution in [-0.2, 0) is 11.3 Å². The van der Waals surface area contributed by atoms with Crippen molar-refractivity contribution in [3.8, 4) is 5.75 Å². The Balaban J connectivity index is 1.24. The fraction of sp³-hybridized carbons (Fsp3) is 0.200. The van der Waals surface area contributed by atoms with Crippen molar-refractivity contribution in [3.05, 3.63) is 102 Å². The second kappa shape index (κ2) is 9.67. The molecule has 1 aliphatic heterocycles. The van der Waals surface area contributed by atoms with E-state index in [9.17, 15) is 4.79 Å². The van der Waals surface area contributed by atoms with Crippen LogP contribution in [0.5, 0.6) is 5.75 Å². The van der Waals surface area contributed by atoms with Gasteiger partial charge in [-0.15, -0.1) is 0 Å². The maximum Gasteiger partial charge on any atom is 0.227 e. The summed E-state index contributed by atoms with van der Waals surface area (Å²) in [5, 5.41) is 2.93. The van der Waals surface area contributed by atoms with Gasteiger partial charge in [0.1, 0.15) is 11.6 Å². The molecule has 0 radical (unpaired) electrons. The third kappa shape index (κ3) is 4.31. The van der Waals surface area contributed by atoms with Gasteiger partial charge in [-0.3, -0.25) is 4.79 Å². The second-order valence-electron chi connectivity index (χ2n) is 9.17. The Morgan fingerprint density at radius 1 is 0.917 bits per heavy atom. The highest BCUT2D eigenvalue weighted by Crippen LogP contribution is 2.36. The van der Waals surface area contributed by atoms with E-state index in [-0.39, 0.29) is 11.8 Å². The first-order valence-electron chi connectivity index (χ1n) is 12.3. The molecule has 1 fully saturated rings. The van der Waals surface area contributed by atoms with Crippen molar-refractivity contribution in [1.82, 2.24) is 9.55 Å². The van der Waals surface area contributed by atoms with Crippen LogP contribution in [0.25, 0.3) is 21.8 Å². The largest absolute Gasteiger partial charge is 0.494 e. The summed E-state index contributed by atoms with van der Waals surface area (Å²) >= 11 is 5.97. The molecule has 1 aliphatic rings. The number of para-hydroxylation sites is 2. The van der Waals surface area contributed by atoms with Crippen LogP contribution in [0, 0.1) is 0 Å². The maximum atomic E-state index is 13.2. The number of benzene rings is 4. The number of amides is 1. The number of nitrogens with zero attached hydrogens (tertiary/aromatic N) is 3. The highest BCUT2D eigenvalue weighted by atomic mass is 35.5. The lowest BCUT2D eigenvalue weighted by Gasteiger charge is -2.19. The quantitative estimate of drug-likeness (QED) is 0.232. The minimum Gasteiger partial charge on any atom is -0.494 e. The van der Waals surface area contributed by atoms with E-state index in [4.69, 9.17) is 21.3 Å². The fourth-order valence-corrected chi connectivity index (χ4v) is 5.27. The van der Waals surface area contributed by atoms with Gasteiger partial charge >= 0.3 is 0 Å². The molecule has 5 aromatic rings. The van der Waals surface area contributed by atoms with Crippen LogP contribution in [0.2, 0.25) is 5.02 Å². The molecule has 0 aliphatic carbocycles. The van der Waals surface area contributed by atoms with Gasteiger partial charge in [0, 0.05) is 35.8 Å². The number of carbonyl (C=O) groups is 1. The SMILES string of the molecule is O=C1CC(c2nc3ccccc3n2CCCOc2ccc(Cl)cc2)CN1c1cccc2ccccc12. The van der Waals surface area contributed by atoms with Gasteiger partial charge in [-0.05, 0) is 54.3 Å². The maximum absolute atomic E-state index is 13.2. The monoisotopic (exact) mass is 495 g/mol. The zero-order chi connectivity index (χ0) is 24.5. The summed E-state index contributed by atoms with van der Waals surface area (Å²) in [6, 6.07) is 30.0. The summed E-state index contributed by atoms with van der Waals surface area (Å²) < 4.78 is 8.18. The van der Waals surface area contributed by atoms with Crippen LogP contribution in [0.1, 0.15) is 24.6 Å². The Kier molecular flexibility index (Phi) is 6.08. The second-order valence-corrected chi connectivity index (χ2v) is 9.61. The molecule has 0 spiro atoms. The molecule has 5 nitrogen and oxygen atoms in total. The molecule has 4 aromatic carbocycles. The smallest absolute Gasteiger partial charge is 0.227 e. The Morgan fingerprint density at radius 2 is 1.69 bits per heavy atom. The number of rotatable bonds is 7. The van der Waals surface area contributed by atoms with Gasteiger partial charge in [0.05, 0.1) is 23.3 Å². The lowest BCUT2D eigenvalue weighted by molar-refractivity contribution is -0.117. The highest BCUT2D eigenvalue weighted by Gasteiger charge is 2.35. The number of carbonyl (C=O) groups excluding carboxylic acids is 1. The molecule has 0 N–H and O–H groups in total. The first kappa shape index (κ1) is 22.6. The predicted octanol–water partition coefficient (Wildman–Crippen LogP) is 6.83. The number of ether oxygens (including phenoxy) is 1. The van der Waals surface area contributed by atoms with Crippen LogP contribution >= 0.6 is 11.6 Å². The Labute approximate surface area is 214 Å². The molecule has 1 unspecified atom stereocenters. The summed E-state index contributed by atoms with van der Waals surface area (Å²) in [6.07, 6.45) is 1.28. The van der Waals surface area contributed by atoms with E-state index in [0.29, 0.717) is 24.6 Å². The van der Waals surface area contributed by atoms with Gasteiger partial charge in [-0.25, -0.2) is 4.98 Å². The minimum absolute atomic E-state index is 0.0288. The Morgan fingerprint density at radius 3 is 2.58 bits per heavy atom. The zero-order valence-electron chi connectivity index (χ0n) is 19.8. The first-order valence-corrected chi connectivity index (χ1v) is 12.7. The molecule has 0 saturated carbocycles. The van der Waals surface area contributed by atoms with Crippen molar-refractivity contribution < 1.29 is 9.53 Å². The molecule has 6 heteroatoms. The summed E-state index contributed by atoms with van der Waals surface area (Å²) in [5.41, 5.74) is 3.02. The van der Waals surface area contributed by atoms with Crippen LogP contribution in [0.4, 0.5) is 5.69 Å². The van der Waals surface area contributed by atoms with Crippen LogP contribution in [-0.4, -0.2) is 28.6 Å². The third-order valence-electron chi connectivity index (χ3n) is 6.84. The standard InChI is InChI=1S/C30H26ClN3O2/c31-23-13-15-24(16-14-23)36-18-6-17-33-28-11-4-3-10-26(28)32-30(33)22-19-29(35)34(20-22)27-12-5-8-21-7-1-2-9-25(21)27/h1-5,7-16,22H,6,17-20H2. The number of aromatic nitrogens is 2. The van der Waals surface area contributed by atoms with Crippen LogP contribution in [0.3, 0.4) is 0 Å². The van der Waals surface area contributed by atoms with E-state index < -0.39 is 0 Å². The molecule has 36 heavy (non-hydrogen) atoms. The highest BCUT2D eigenvalue weighted by molar-refractivity contribution is 6.30. The number of fused-ring (bicyclic) bond motifs is 2. The van der Waals surface area contributed by atoms with E-state index in [2.05, 4.69) is 28.8 Å². The molecule has 1 atom stereocenters. The molecule has 1 saturated heterocycles. The average Bonchev–Trinajstić information content (AvgIpc) is 3.47. The van der Waals surface area contributed by atoms with E-state index in [1.54, 1.807) is 0 Å². The third-order valence-corrected chi connectivity index (χ3v) is 7.09. The van der Waals surface area contributed by atoms with Gasteiger partial charge in [0.2, 0.25) is 5.91 Å². The lowest BCUT2D eigenvalue weighted by Crippen LogP contribution is -2.24. The molecule has 0 bridgehead atoms. The number of imidazole rings is 1. The molecule has 1 amide bonds. The Bertz CT molecular complexity index is 1540. The van der Waals surface area contributed by atoms with Gasteiger partial charge in [0.15, 0.2) is 0 Å². The zero-order valence-corrected chi connectivity index (χ0v) is 20.6. The van der Waals surface area contributed by atoms with Crippen molar-refractivity contribution in [2.45, 2.75) is 25.3 Å². The number of hydrogen-bond donors (Lipinski definition) is 0. The van der Waals surface area contributed by atoms with Gasteiger partial charge in [-0.2, -0.15) is 0 Å². The topological polar surface area (TPSA) is 47.4 Å². The molecule has 6 rings (SSSR count). The fourth-order valence-electron chi connectivity index (χ4n) is 5.14. The van der Waals surface area contributed by atoms with Crippen LogP contribution < -0.4 is 9.64 Å². The number of hydrogen-bond acceptors (Lipinski definition) is 3. The summed E-state index contributed by atoms with van der Waals surface area (Å²) in [5.74, 6) is 1.95. The molecule has 180 valence electrons. The lowest BCUT2D eigenvalue weighted by atomic mass is 10.1. The average molecular weight is 496 g/mol. The van der Waals surface area contributed by atoms with Crippen molar-refractivity contribution in [3.63, 3.8) is 0 Å². The number of halogens is 1. The molecule has 1 aromatic heterocycles. The minimum atomic E-state index is 0.0288. The summed E-state index contributed by atoms with van der Waals surface area (Å²) in [4.78, 5) is 20.2. The Hall–Kier alpha value is -3.83. The first-order chi connectivity index (χ1) is 17.7. The summed E-state index contributed by atoms with van der Waals surface area (Å²) in [6.45, 7) is 1.97. The van der Waals surface area contributed by atoms with E-state index >= 15 is 0 Å². The van der Waals surface area contributed by atoms with Crippen molar-refractivity contribution in [2.24, 2.45) is 0 Å². The van der Waals surface area contributed by atoms with Crippen molar-refractivity contribution in [2.75, 3.05) is 18.1 Å². The van der Waals surface area contributed by atoms with Gasteiger partial charge in [0.25, 0.3) is 0 Å². The predicted molar refractivity (Wildman–Crippen MR) is 145 cm³/mol. The van der Waals surface area contributed by atoms with Crippen molar-refractivity contribution in [1.29, 1.82) is 0 Å². The van der Waals surface area contributed by atoms with Crippen molar-refractivity contribution >= 4 is 45.0 Å². The number of anilines is 1. The van der Waals surface area contributed by atoms with Gasteiger partial charge < -0.3 is 14.2 Å². The normalized spacial score (nSPS) is 15.8. The molecular weight excluding hydrogens is 470 g/mol. The summed E-state index contributed by atoms with van der Waals surface area (Å²) in [7, 11) is 0. The van der Waals surface area contributed by atoms with E-state index in [1.807, 2.05) is 71.6 Å². The van der Waals surface area contributed by atoms with E-state index in [0.717, 1.165) is 52.0 Å². The van der Waals surface area contributed by atoms with Gasteiger partial charge in [-0.1, -0.05) is 60.1 Å². The van der Waals surface area contributed by atoms with E-state index in [1.165, 1.54) is 0 Å². The number of aryl methyl sites for hydroxylation is 1.